The lowest BCUT2D eigenvalue weighted by Gasteiger charge is -2.42. The maximum Gasteiger partial charge on any atom is 0.329 e. The van der Waals surface area contributed by atoms with Crippen LogP contribution >= 0.6 is 0 Å². The molecule has 0 radical (unpaired) electrons. The molecule has 3 aliphatic heterocycles. The molecule has 0 aromatic heterocycles. The highest BCUT2D eigenvalue weighted by Gasteiger charge is 2.53. The molecule has 16 unspecified atom stereocenters. The molecular formula is C57H89NO15. The number of hydrogen-bond acceptors (Lipinski definition) is 15. The van der Waals surface area contributed by atoms with Crippen molar-refractivity contribution < 1.29 is 72.5 Å². The molecule has 16 heteroatoms. The molecule has 4 rings (SSSR count). The van der Waals surface area contributed by atoms with E-state index in [1.165, 1.54) is 12.0 Å². The number of esters is 2. The Morgan fingerprint density at radius 1 is 0.890 bits per heavy atom. The van der Waals surface area contributed by atoms with Crippen molar-refractivity contribution in [1.29, 1.82) is 0 Å². The van der Waals surface area contributed by atoms with Gasteiger partial charge in [-0.25, -0.2) is 4.79 Å². The number of hydrogen-bond donors (Lipinski definition) is 3. The summed E-state index contributed by atoms with van der Waals surface area (Å²) in [6.45, 7) is 15.8. The van der Waals surface area contributed by atoms with E-state index in [-0.39, 0.29) is 49.4 Å². The van der Waals surface area contributed by atoms with Crippen LogP contribution in [-0.2, 0) is 57.2 Å². The Bertz CT molecular complexity index is 2010. The average Bonchev–Trinajstić information content (AvgIpc) is 3.37. The van der Waals surface area contributed by atoms with Gasteiger partial charge in [0.2, 0.25) is 5.79 Å². The first-order valence-corrected chi connectivity index (χ1v) is 26.8. The van der Waals surface area contributed by atoms with E-state index in [9.17, 15) is 44.1 Å². The van der Waals surface area contributed by atoms with Crippen LogP contribution in [0.25, 0.3) is 0 Å². The number of piperidine rings is 1. The lowest BCUT2D eigenvalue weighted by Crippen LogP contribution is -2.61. The summed E-state index contributed by atoms with van der Waals surface area (Å²) >= 11 is 0. The largest absolute Gasteiger partial charge is 0.460 e. The summed E-state index contributed by atoms with van der Waals surface area (Å²) < 4.78 is 35.7. The predicted molar refractivity (Wildman–Crippen MR) is 274 cm³/mol. The molecule has 412 valence electrons. The van der Waals surface area contributed by atoms with Gasteiger partial charge in [0.1, 0.15) is 36.2 Å². The minimum absolute atomic E-state index is 0.000594. The number of nitrogens with zero attached hydrogens (tertiary/aromatic N) is 1. The number of rotatable bonds is 10. The van der Waals surface area contributed by atoms with Gasteiger partial charge in [-0.05, 0) is 120 Å². The topological polar surface area (TPSA) is 222 Å². The molecule has 0 aromatic rings. The van der Waals surface area contributed by atoms with Gasteiger partial charge in [0.05, 0.1) is 30.3 Å². The number of fused-ring (bicyclic) bond motifs is 3. The van der Waals surface area contributed by atoms with Crippen LogP contribution in [0.4, 0.5) is 0 Å². The standard InChI is InChI=1S/C57H89NO15/c1-13-56(9,33-59)55(66)72-45-25-23-41(30-48(45)69-11)29-37(5)47-32-44(60)36(4)28-39(7)50(62)51(70-12)49(61)38(6)27-34(2)19-15-14-16-20-35(3)46(68-10)31-42-24-22-40(8)57(67,73-42)52(63)53(64)58-26-18-17-21-43(58)54(65)71-47/h14-16,19-20,28,34,36-38,40-43,45-48,50-51,59,62,67H,13,17-18,21-27,29-33H2,1-12H3/b16-14+,19-15+,35-20+,39-28+. The molecule has 1 saturated carbocycles. The van der Waals surface area contributed by atoms with Crippen LogP contribution in [0.1, 0.15) is 146 Å². The zero-order valence-electron chi connectivity index (χ0n) is 45.8. The third-order valence-corrected chi connectivity index (χ3v) is 16.3. The first-order valence-electron chi connectivity index (χ1n) is 26.8. The minimum Gasteiger partial charge on any atom is -0.460 e. The van der Waals surface area contributed by atoms with Crippen LogP contribution in [-0.4, -0.2) is 144 Å². The van der Waals surface area contributed by atoms with Crippen molar-refractivity contribution in [2.45, 2.75) is 200 Å². The summed E-state index contributed by atoms with van der Waals surface area (Å²) in [4.78, 5) is 85.6. The average molecular weight is 1030 g/mol. The van der Waals surface area contributed by atoms with Gasteiger partial charge in [-0.2, -0.15) is 0 Å². The number of allylic oxidation sites excluding steroid dienone is 6. The number of cyclic esters (lactones) is 1. The maximum absolute atomic E-state index is 14.6. The predicted octanol–water partition coefficient (Wildman–Crippen LogP) is 7.14. The fourth-order valence-electron chi connectivity index (χ4n) is 10.8. The molecule has 0 spiro atoms. The zero-order chi connectivity index (χ0) is 54.4. The monoisotopic (exact) mass is 1030 g/mol. The normalized spacial score (nSPS) is 38.1. The van der Waals surface area contributed by atoms with Crippen LogP contribution in [0.3, 0.4) is 0 Å². The lowest BCUT2D eigenvalue weighted by molar-refractivity contribution is -0.265. The second kappa shape index (κ2) is 28.3. The fraction of sp³-hybridized carbons (Fsp3) is 0.754. The molecular weight excluding hydrogens is 939 g/mol. The summed E-state index contributed by atoms with van der Waals surface area (Å²) in [5.41, 5.74) is 0.188. The Kier molecular flexibility index (Phi) is 23.9. The quantitative estimate of drug-likeness (QED) is 0.112. The number of ketones is 3. The van der Waals surface area contributed by atoms with Gasteiger partial charge in [-0.1, -0.05) is 78.0 Å². The molecule has 2 saturated heterocycles. The van der Waals surface area contributed by atoms with Gasteiger partial charge >= 0.3 is 11.9 Å². The summed E-state index contributed by atoms with van der Waals surface area (Å²) in [6.07, 6.45) is 10.8. The highest BCUT2D eigenvalue weighted by molar-refractivity contribution is 6.39. The van der Waals surface area contributed by atoms with Gasteiger partial charge in [-0.3, -0.25) is 24.0 Å². The Balaban J connectivity index is 1.69. The van der Waals surface area contributed by atoms with Crippen LogP contribution in [0.5, 0.6) is 0 Å². The molecule has 2 bridgehead atoms. The van der Waals surface area contributed by atoms with Gasteiger partial charge in [0, 0.05) is 58.5 Å². The molecule has 4 aliphatic rings. The molecule has 73 heavy (non-hydrogen) atoms. The van der Waals surface area contributed by atoms with Crippen LogP contribution in [0.2, 0.25) is 0 Å². The van der Waals surface area contributed by atoms with Crippen molar-refractivity contribution in [3.8, 4) is 0 Å². The Morgan fingerprint density at radius 3 is 2.25 bits per heavy atom. The highest BCUT2D eigenvalue weighted by Crippen LogP contribution is 2.39. The smallest absolute Gasteiger partial charge is 0.329 e. The van der Waals surface area contributed by atoms with E-state index in [0.29, 0.717) is 76.2 Å². The highest BCUT2D eigenvalue weighted by atomic mass is 16.6. The van der Waals surface area contributed by atoms with E-state index in [1.54, 1.807) is 54.9 Å². The zero-order valence-corrected chi connectivity index (χ0v) is 45.8. The molecule has 3 fully saturated rings. The molecule has 3 heterocycles. The summed E-state index contributed by atoms with van der Waals surface area (Å²) in [5, 5.41) is 33.5. The van der Waals surface area contributed by atoms with Crippen molar-refractivity contribution in [3.05, 3.63) is 47.6 Å². The number of methoxy groups -OCH3 is 3. The van der Waals surface area contributed by atoms with E-state index >= 15 is 0 Å². The van der Waals surface area contributed by atoms with E-state index in [4.69, 9.17) is 28.4 Å². The van der Waals surface area contributed by atoms with Crippen LogP contribution in [0, 0.1) is 40.9 Å². The van der Waals surface area contributed by atoms with Crippen molar-refractivity contribution >= 4 is 35.2 Å². The minimum atomic E-state index is -2.46. The van der Waals surface area contributed by atoms with Crippen LogP contribution < -0.4 is 0 Å². The van der Waals surface area contributed by atoms with Gasteiger partial charge in [-0.15, -0.1) is 0 Å². The molecule has 1 aliphatic carbocycles. The Labute approximate surface area is 434 Å². The van der Waals surface area contributed by atoms with Crippen molar-refractivity contribution in [2.24, 2.45) is 40.9 Å². The number of aliphatic hydroxyl groups is 3. The third-order valence-electron chi connectivity index (χ3n) is 16.3. The van der Waals surface area contributed by atoms with Gasteiger partial charge in [0.15, 0.2) is 5.78 Å². The van der Waals surface area contributed by atoms with Crippen molar-refractivity contribution in [3.63, 3.8) is 0 Å². The number of Topliss-reactive ketones (excluding diaryl/α,β-unsaturated/α-hetero) is 3. The summed E-state index contributed by atoms with van der Waals surface area (Å²) in [6, 6.07) is -1.18. The third kappa shape index (κ3) is 16.1. The van der Waals surface area contributed by atoms with Crippen molar-refractivity contribution in [1.82, 2.24) is 4.90 Å². The molecule has 0 aromatic carbocycles. The Morgan fingerprint density at radius 2 is 1.60 bits per heavy atom. The van der Waals surface area contributed by atoms with Gasteiger partial charge < -0.3 is 48.6 Å². The van der Waals surface area contributed by atoms with E-state index in [1.807, 2.05) is 58.1 Å². The Hall–Kier alpha value is -3.90. The number of amides is 1. The molecule has 1 amide bonds. The summed E-state index contributed by atoms with van der Waals surface area (Å²) in [5.74, 6) is -8.90. The number of aliphatic hydroxyl groups excluding tert-OH is 2. The second-order valence-corrected chi connectivity index (χ2v) is 22.0. The SMILES string of the molecule is CCC(C)(CO)C(=O)OC1CCC(CC(C)C2CC(=O)C(C)/C=C(\C)C(O)C(OC)C(=O)C(C)CC(C)/C=C/C=C/C=C(\C)C(OC)CC3CCC(C)C(O)(O3)C(=O)C(=O)N3CCCCC3C(=O)O2)CC1OC. The van der Waals surface area contributed by atoms with Gasteiger partial charge in [0.25, 0.3) is 11.7 Å². The first kappa shape index (κ1) is 61.6. The number of carbonyl (C=O) groups excluding carboxylic acids is 6. The first-order chi connectivity index (χ1) is 34.5. The molecule has 3 N–H and O–H groups in total. The lowest BCUT2D eigenvalue weighted by atomic mass is 9.78. The number of ether oxygens (including phenoxy) is 6. The fourth-order valence-corrected chi connectivity index (χ4v) is 10.8. The van der Waals surface area contributed by atoms with E-state index in [2.05, 4.69) is 0 Å². The second-order valence-electron chi connectivity index (χ2n) is 22.0. The number of carbonyl (C=O) groups is 6. The maximum atomic E-state index is 14.6. The van der Waals surface area contributed by atoms with Crippen LogP contribution in [0.15, 0.2) is 47.6 Å². The van der Waals surface area contributed by atoms with Crippen molar-refractivity contribution in [2.75, 3.05) is 34.5 Å². The molecule has 16 atom stereocenters. The summed E-state index contributed by atoms with van der Waals surface area (Å²) in [7, 11) is 4.49. The van der Waals surface area contributed by atoms with E-state index < -0.39 is 107 Å². The van der Waals surface area contributed by atoms with E-state index in [0.717, 1.165) is 5.57 Å². The molecule has 16 nitrogen and oxygen atoms in total.